The van der Waals surface area contributed by atoms with Gasteiger partial charge in [0.1, 0.15) is 6.04 Å². The Balaban J connectivity index is 2.51. The second-order valence-electron chi connectivity index (χ2n) is 2.64. The number of primary amides is 1. The van der Waals surface area contributed by atoms with Crippen molar-refractivity contribution in [1.29, 1.82) is 0 Å². The van der Waals surface area contributed by atoms with Crippen LogP contribution in [0.25, 0.3) is 0 Å². The highest BCUT2D eigenvalue weighted by Crippen LogP contribution is 1.98. The van der Waals surface area contributed by atoms with Crippen LogP contribution < -0.4 is 11.1 Å². The summed E-state index contributed by atoms with van der Waals surface area (Å²) in [5.41, 5.74) is 5.01. The topological polar surface area (TPSA) is 95.7 Å². The molecule has 1 rings (SSSR count). The van der Waals surface area contributed by atoms with Gasteiger partial charge >= 0.3 is 6.09 Å². The van der Waals surface area contributed by atoms with Crippen molar-refractivity contribution in [3.8, 4) is 0 Å². The molecule has 12 heavy (non-hydrogen) atoms. The van der Waals surface area contributed by atoms with E-state index in [1.165, 1.54) is 4.90 Å². The van der Waals surface area contributed by atoms with Crippen LogP contribution in [0.3, 0.4) is 0 Å². The van der Waals surface area contributed by atoms with Gasteiger partial charge in [0, 0.05) is 19.6 Å². The van der Waals surface area contributed by atoms with Crippen LogP contribution in [0, 0.1) is 0 Å². The van der Waals surface area contributed by atoms with Gasteiger partial charge < -0.3 is 21.1 Å². The number of rotatable bonds is 1. The molecule has 1 atom stereocenters. The van der Waals surface area contributed by atoms with Crippen molar-refractivity contribution in [3.63, 3.8) is 0 Å². The van der Waals surface area contributed by atoms with E-state index in [0.29, 0.717) is 13.1 Å². The molecule has 0 unspecified atom stereocenters. The van der Waals surface area contributed by atoms with Gasteiger partial charge in [-0.2, -0.15) is 0 Å². The predicted molar refractivity (Wildman–Crippen MR) is 40.6 cm³/mol. The summed E-state index contributed by atoms with van der Waals surface area (Å²) in [4.78, 5) is 22.3. The van der Waals surface area contributed by atoms with E-state index in [4.69, 9.17) is 10.8 Å². The molecule has 6 nitrogen and oxygen atoms in total. The Morgan fingerprint density at radius 2 is 2.25 bits per heavy atom. The van der Waals surface area contributed by atoms with Crippen molar-refractivity contribution in [2.45, 2.75) is 6.04 Å². The van der Waals surface area contributed by atoms with Crippen LogP contribution in [0.15, 0.2) is 0 Å². The molecule has 1 aliphatic rings. The molecule has 0 aromatic rings. The number of carboxylic acid groups (broad SMARTS) is 1. The third kappa shape index (κ3) is 1.85. The highest BCUT2D eigenvalue weighted by Gasteiger charge is 2.25. The molecule has 0 aromatic carbocycles. The lowest BCUT2D eigenvalue weighted by Crippen LogP contribution is -2.57. The molecule has 1 fully saturated rings. The summed E-state index contributed by atoms with van der Waals surface area (Å²) < 4.78 is 0. The lowest BCUT2D eigenvalue weighted by atomic mass is 10.2. The summed E-state index contributed by atoms with van der Waals surface area (Å²) in [7, 11) is 0. The number of nitrogens with one attached hydrogen (secondary N) is 1. The fraction of sp³-hybridized carbons (Fsp3) is 0.667. The molecule has 1 saturated heterocycles. The van der Waals surface area contributed by atoms with Crippen LogP contribution in [-0.2, 0) is 4.79 Å². The molecule has 1 heterocycles. The molecule has 6 heteroatoms. The molecule has 1 aliphatic heterocycles. The highest BCUT2D eigenvalue weighted by atomic mass is 16.4. The van der Waals surface area contributed by atoms with Crippen LogP contribution in [-0.4, -0.2) is 47.7 Å². The maximum Gasteiger partial charge on any atom is 0.407 e. The molecule has 0 radical (unpaired) electrons. The minimum Gasteiger partial charge on any atom is -0.465 e. The van der Waals surface area contributed by atoms with Crippen LogP contribution in [0.4, 0.5) is 4.79 Å². The quantitative estimate of drug-likeness (QED) is 0.446. The van der Waals surface area contributed by atoms with E-state index < -0.39 is 18.0 Å². The first kappa shape index (κ1) is 8.79. The van der Waals surface area contributed by atoms with Gasteiger partial charge in [0.2, 0.25) is 5.91 Å². The minimum absolute atomic E-state index is 0.144. The van der Waals surface area contributed by atoms with E-state index in [0.717, 1.165) is 0 Å². The number of carbonyl (C=O) groups excluding carboxylic acids is 1. The Bertz CT molecular complexity index is 186. The Morgan fingerprint density at radius 1 is 1.58 bits per heavy atom. The SMILES string of the molecule is NC(=O)[C@@H]1CN(C(=O)O)CCN1. The van der Waals surface area contributed by atoms with E-state index >= 15 is 0 Å². The van der Waals surface area contributed by atoms with Gasteiger partial charge in [0.25, 0.3) is 0 Å². The lowest BCUT2D eigenvalue weighted by Gasteiger charge is -2.29. The molecule has 4 N–H and O–H groups in total. The normalized spacial score (nSPS) is 23.7. The average Bonchev–Trinajstić information content (AvgIpc) is 2.04. The minimum atomic E-state index is -1.01. The number of nitrogens with two attached hydrogens (primary N) is 1. The van der Waals surface area contributed by atoms with E-state index in [2.05, 4.69) is 5.32 Å². The van der Waals surface area contributed by atoms with Crippen LogP contribution in [0.5, 0.6) is 0 Å². The standard InChI is InChI=1S/C6H11N3O3/c7-5(10)4-3-9(6(11)12)2-1-8-4/h4,8H,1-3H2,(H2,7,10)(H,11,12)/t4-/m0/s1. The van der Waals surface area contributed by atoms with Crippen LogP contribution in [0.1, 0.15) is 0 Å². The molecule has 0 saturated carbocycles. The van der Waals surface area contributed by atoms with Gasteiger partial charge in [-0.3, -0.25) is 4.79 Å². The number of nitrogens with zero attached hydrogens (tertiary/aromatic N) is 1. The Kier molecular flexibility index (Phi) is 2.49. The Hall–Kier alpha value is -1.30. The summed E-state index contributed by atoms with van der Waals surface area (Å²) in [5, 5.41) is 11.4. The van der Waals surface area contributed by atoms with Gasteiger partial charge in [-0.25, -0.2) is 4.79 Å². The fourth-order valence-corrected chi connectivity index (χ4v) is 1.11. The molecule has 2 amide bonds. The van der Waals surface area contributed by atoms with Gasteiger partial charge in [-0.05, 0) is 0 Å². The molecular formula is C6H11N3O3. The van der Waals surface area contributed by atoms with Crippen molar-refractivity contribution >= 4 is 12.0 Å². The molecule has 0 aromatic heterocycles. The van der Waals surface area contributed by atoms with Gasteiger partial charge in [-0.1, -0.05) is 0 Å². The van der Waals surface area contributed by atoms with E-state index in [1.807, 2.05) is 0 Å². The van der Waals surface area contributed by atoms with Crippen LogP contribution >= 0.6 is 0 Å². The summed E-state index contributed by atoms with van der Waals surface area (Å²) in [6, 6.07) is -0.546. The van der Waals surface area contributed by atoms with Crippen molar-refractivity contribution in [1.82, 2.24) is 10.2 Å². The highest BCUT2D eigenvalue weighted by molar-refractivity contribution is 5.81. The summed E-state index contributed by atoms with van der Waals surface area (Å²) >= 11 is 0. The van der Waals surface area contributed by atoms with Gasteiger partial charge in [0.05, 0.1) is 0 Å². The van der Waals surface area contributed by atoms with Crippen molar-refractivity contribution in [3.05, 3.63) is 0 Å². The predicted octanol–water partition coefficient (Wildman–Crippen LogP) is -1.58. The first-order chi connectivity index (χ1) is 5.61. The number of piperazine rings is 1. The van der Waals surface area contributed by atoms with Crippen molar-refractivity contribution in [2.24, 2.45) is 5.73 Å². The second kappa shape index (κ2) is 3.40. The van der Waals surface area contributed by atoms with Gasteiger partial charge in [-0.15, -0.1) is 0 Å². The first-order valence-electron chi connectivity index (χ1n) is 3.62. The summed E-state index contributed by atoms with van der Waals surface area (Å²) in [6.07, 6.45) is -1.01. The monoisotopic (exact) mass is 173 g/mol. The Labute approximate surface area is 69.3 Å². The number of hydrogen-bond donors (Lipinski definition) is 3. The third-order valence-electron chi connectivity index (χ3n) is 1.79. The first-order valence-corrected chi connectivity index (χ1v) is 3.62. The maximum atomic E-state index is 10.7. The van der Waals surface area contributed by atoms with Gasteiger partial charge in [0.15, 0.2) is 0 Å². The molecule has 0 aliphatic carbocycles. The molecular weight excluding hydrogens is 162 g/mol. The largest absolute Gasteiger partial charge is 0.465 e. The second-order valence-corrected chi connectivity index (χ2v) is 2.64. The third-order valence-corrected chi connectivity index (χ3v) is 1.79. The maximum absolute atomic E-state index is 10.7. The summed E-state index contributed by atoms with van der Waals surface area (Å²) in [5.74, 6) is -0.513. The number of amides is 2. The summed E-state index contributed by atoms with van der Waals surface area (Å²) in [6.45, 7) is 1.02. The zero-order chi connectivity index (χ0) is 9.14. The van der Waals surface area contributed by atoms with Crippen LogP contribution in [0.2, 0.25) is 0 Å². The van der Waals surface area contributed by atoms with Crippen molar-refractivity contribution < 1.29 is 14.7 Å². The number of hydrogen-bond acceptors (Lipinski definition) is 3. The Morgan fingerprint density at radius 3 is 2.75 bits per heavy atom. The zero-order valence-corrected chi connectivity index (χ0v) is 6.49. The van der Waals surface area contributed by atoms with E-state index in [-0.39, 0.29) is 6.54 Å². The average molecular weight is 173 g/mol. The smallest absolute Gasteiger partial charge is 0.407 e. The molecule has 0 bridgehead atoms. The number of carbonyl (C=O) groups is 2. The molecule has 68 valence electrons. The van der Waals surface area contributed by atoms with Crippen molar-refractivity contribution in [2.75, 3.05) is 19.6 Å². The lowest BCUT2D eigenvalue weighted by molar-refractivity contribution is -0.120. The zero-order valence-electron chi connectivity index (χ0n) is 6.49. The van der Waals surface area contributed by atoms with E-state index in [1.54, 1.807) is 0 Å². The fourth-order valence-electron chi connectivity index (χ4n) is 1.11. The van der Waals surface area contributed by atoms with E-state index in [9.17, 15) is 9.59 Å². The molecule has 0 spiro atoms.